The Morgan fingerprint density at radius 1 is 0.868 bits per heavy atom. The Balaban J connectivity index is 2.30. The largest absolute Gasteiger partial charge is 0.453 e. The molecular weight excluding hydrogens is 464 g/mol. The zero-order valence-electron chi connectivity index (χ0n) is 22.5. The van der Waals surface area contributed by atoms with E-state index < -0.39 is 0 Å². The molecule has 0 saturated carbocycles. The predicted octanol–water partition coefficient (Wildman–Crippen LogP) is 9.26. The van der Waals surface area contributed by atoms with E-state index in [1.165, 1.54) is 5.70 Å². The summed E-state index contributed by atoms with van der Waals surface area (Å²) in [5, 5.41) is 3.37. The third-order valence-electron chi connectivity index (χ3n) is 5.40. The van der Waals surface area contributed by atoms with Gasteiger partial charge in [-0.1, -0.05) is 106 Å². The van der Waals surface area contributed by atoms with Crippen LogP contribution in [0, 0.1) is 0 Å². The van der Waals surface area contributed by atoms with Crippen molar-refractivity contribution in [3.63, 3.8) is 0 Å². The highest BCUT2D eigenvalue weighted by Gasteiger charge is 2.15. The molecule has 0 fully saturated rings. The number of rotatable bonds is 14. The van der Waals surface area contributed by atoms with Crippen LogP contribution in [0.1, 0.15) is 20.3 Å². The fraction of sp³-hybridized carbons (Fsp3) is 0.0857. The molecule has 194 valence electrons. The lowest BCUT2D eigenvalue weighted by molar-refractivity contribution is 0.314. The van der Waals surface area contributed by atoms with Gasteiger partial charge in [-0.15, -0.1) is 0 Å². The van der Waals surface area contributed by atoms with Gasteiger partial charge in [0.1, 0.15) is 5.76 Å². The van der Waals surface area contributed by atoms with Gasteiger partial charge in [0.15, 0.2) is 5.76 Å². The molecule has 0 radical (unpaired) electrons. The number of hydrogen-bond donors (Lipinski definition) is 1. The molecule has 0 amide bonds. The van der Waals surface area contributed by atoms with E-state index in [1.807, 2.05) is 85.9 Å². The van der Waals surface area contributed by atoms with Crippen LogP contribution in [0.25, 0.3) is 0 Å². The van der Waals surface area contributed by atoms with E-state index in [0.29, 0.717) is 11.5 Å². The highest BCUT2D eigenvalue weighted by molar-refractivity contribution is 5.56. The highest BCUT2D eigenvalue weighted by Crippen LogP contribution is 2.24. The van der Waals surface area contributed by atoms with E-state index in [0.717, 1.165) is 29.1 Å². The first kappa shape index (κ1) is 29.5. The summed E-state index contributed by atoms with van der Waals surface area (Å²) in [5.74, 6) is 1.27. The second-order valence-electron chi connectivity index (χ2n) is 7.96. The van der Waals surface area contributed by atoms with E-state index in [-0.39, 0.29) is 0 Å². The molecule has 1 N–H and O–H groups in total. The van der Waals surface area contributed by atoms with Gasteiger partial charge < -0.3 is 15.0 Å². The summed E-state index contributed by atoms with van der Waals surface area (Å²) in [6.07, 6.45) is 31.6. The minimum Gasteiger partial charge on any atom is -0.453 e. The third-order valence-corrected chi connectivity index (χ3v) is 5.40. The topological polar surface area (TPSA) is 24.5 Å². The number of nitrogens with zero attached hydrogens (tertiary/aromatic N) is 1. The van der Waals surface area contributed by atoms with E-state index >= 15 is 0 Å². The predicted molar refractivity (Wildman–Crippen MR) is 166 cm³/mol. The van der Waals surface area contributed by atoms with Gasteiger partial charge in [0.2, 0.25) is 0 Å². The molecule has 0 spiro atoms. The molecule has 38 heavy (non-hydrogen) atoms. The average Bonchev–Trinajstić information content (AvgIpc) is 2.96. The average molecular weight is 503 g/mol. The summed E-state index contributed by atoms with van der Waals surface area (Å²) in [6, 6.07) is 10.3. The second-order valence-corrected chi connectivity index (χ2v) is 7.96. The normalized spacial score (nSPS) is 15.1. The number of nitrogens with one attached hydrogen (secondary N) is 1. The fourth-order valence-electron chi connectivity index (χ4n) is 3.46. The van der Waals surface area contributed by atoms with Crippen LogP contribution in [0.2, 0.25) is 0 Å². The van der Waals surface area contributed by atoms with Crippen LogP contribution in [0.3, 0.4) is 0 Å². The Bertz CT molecular complexity index is 1260. The summed E-state index contributed by atoms with van der Waals surface area (Å²) >= 11 is 0. The van der Waals surface area contributed by atoms with E-state index in [9.17, 15) is 0 Å². The zero-order chi connectivity index (χ0) is 27.6. The molecule has 3 heteroatoms. The first-order chi connectivity index (χ1) is 18.6. The van der Waals surface area contributed by atoms with Gasteiger partial charge in [0.05, 0.1) is 11.4 Å². The summed E-state index contributed by atoms with van der Waals surface area (Å²) in [4.78, 5) is 2.19. The Labute approximate surface area is 228 Å². The first-order valence-electron chi connectivity index (χ1n) is 12.6. The molecule has 0 unspecified atom stereocenters. The van der Waals surface area contributed by atoms with Crippen molar-refractivity contribution >= 4 is 5.69 Å². The van der Waals surface area contributed by atoms with Gasteiger partial charge in [-0.05, 0) is 67.5 Å². The molecule has 0 aromatic heterocycles. The molecule has 1 aromatic carbocycles. The molecule has 0 aliphatic carbocycles. The lowest BCUT2D eigenvalue weighted by Crippen LogP contribution is -2.20. The molecule has 1 aliphatic rings. The van der Waals surface area contributed by atoms with Gasteiger partial charge in [0, 0.05) is 17.6 Å². The molecule has 0 saturated heterocycles. The third kappa shape index (κ3) is 9.03. The number of para-hydroxylation sites is 1. The Hall–Kier alpha value is -4.76. The van der Waals surface area contributed by atoms with Crippen LogP contribution >= 0.6 is 0 Å². The van der Waals surface area contributed by atoms with Crippen LogP contribution in [0.4, 0.5) is 5.69 Å². The maximum Gasteiger partial charge on any atom is 0.150 e. The van der Waals surface area contributed by atoms with Crippen molar-refractivity contribution in [3.05, 3.63) is 188 Å². The van der Waals surface area contributed by atoms with E-state index in [2.05, 4.69) is 73.9 Å². The molecular formula is C35H38N2O. The highest BCUT2D eigenvalue weighted by atomic mass is 16.5. The first-order valence-corrected chi connectivity index (χ1v) is 12.6. The number of benzene rings is 1. The van der Waals surface area contributed by atoms with E-state index in [4.69, 9.17) is 4.74 Å². The van der Waals surface area contributed by atoms with Gasteiger partial charge in [-0.3, -0.25) is 0 Å². The van der Waals surface area contributed by atoms with Gasteiger partial charge >= 0.3 is 0 Å². The second kappa shape index (κ2) is 16.8. The van der Waals surface area contributed by atoms with Crippen molar-refractivity contribution in [1.82, 2.24) is 5.32 Å². The number of anilines is 1. The summed E-state index contributed by atoms with van der Waals surface area (Å²) in [5.41, 5.74) is 4.77. The molecule has 3 nitrogen and oxygen atoms in total. The number of ether oxygens (including phenoxy) is 1. The van der Waals surface area contributed by atoms with Crippen molar-refractivity contribution in [2.45, 2.75) is 20.3 Å². The number of hydrogen-bond acceptors (Lipinski definition) is 3. The van der Waals surface area contributed by atoms with Crippen LogP contribution in [-0.4, -0.2) is 0 Å². The Morgan fingerprint density at radius 2 is 1.66 bits per heavy atom. The lowest BCUT2D eigenvalue weighted by atomic mass is 10.1. The van der Waals surface area contributed by atoms with Crippen molar-refractivity contribution in [3.8, 4) is 0 Å². The molecule has 2 rings (SSSR count). The maximum atomic E-state index is 6.06. The van der Waals surface area contributed by atoms with Crippen molar-refractivity contribution in [1.29, 1.82) is 0 Å². The summed E-state index contributed by atoms with van der Waals surface area (Å²) < 4.78 is 6.06. The fourth-order valence-corrected chi connectivity index (χ4v) is 3.46. The van der Waals surface area contributed by atoms with Crippen molar-refractivity contribution < 1.29 is 4.74 Å². The number of allylic oxidation sites excluding steroid dienone is 17. The molecule has 0 bridgehead atoms. The van der Waals surface area contributed by atoms with Crippen molar-refractivity contribution in [2.24, 2.45) is 0 Å². The van der Waals surface area contributed by atoms with Gasteiger partial charge in [0.25, 0.3) is 0 Å². The quantitative estimate of drug-likeness (QED) is 0.257. The Morgan fingerprint density at radius 3 is 2.29 bits per heavy atom. The zero-order valence-corrected chi connectivity index (χ0v) is 22.5. The molecule has 1 heterocycles. The standard InChI is InChI=1S/C35H38N2O/c1-7-13-15-19-25-35-32(11-5)36-33(34(12-6)38-35)27-26-29(9-3)21-20-28-37(30(10-4)22-14-8-2)31-23-17-16-18-24-31/h7-9,11-28,36H,1,3,5-6,10H2,2,4H3/b14-8-,15-13-,25-19+,27-26+,28-20+,29-21+,30-22+. The smallest absolute Gasteiger partial charge is 0.150 e. The maximum absolute atomic E-state index is 6.06. The Kier molecular flexibility index (Phi) is 13.1. The van der Waals surface area contributed by atoms with Gasteiger partial charge in [-0.2, -0.15) is 0 Å². The van der Waals surface area contributed by atoms with Crippen LogP contribution in [-0.2, 0) is 4.74 Å². The molecule has 1 aliphatic heterocycles. The van der Waals surface area contributed by atoms with Gasteiger partial charge in [-0.25, -0.2) is 0 Å². The molecule has 0 atom stereocenters. The van der Waals surface area contributed by atoms with Crippen molar-refractivity contribution in [2.75, 3.05) is 4.90 Å². The minimum atomic E-state index is 0.620. The lowest BCUT2D eigenvalue weighted by Gasteiger charge is -2.23. The molecule has 1 aromatic rings. The summed E-state index contributed by atoms with van der Waals surface area (Å²) in [6.45, 7) is 19.6. The monoisotopic (exact) mass is 502 g/mol. The van der Waals surface area contributed by atoms with Crippen LogP contribution < -0.4 is 10.2 Å². The van der Waals surface area contributed by atoms with E-state index in [1.54, 1.807) is 18.2 Å². The summed E-state index contributed by atoms with van der Waals surface area (Å²) in [7, 11) is 0. The minimum absolute atomic E-state index is 0.620. The SMILES string of the molecule is C=C/C=C\C=C\C1=C(C=C)NC(/C=C/C(C=C)=C/C=C/N(/C(=C/C=C\C)CC)c2ccccc2)=C(C=C)O1. The van der Waals surface area contributed by atoms with Crippen LogP contribution in [0.5, 0.6) is 0 Å². The van der Waals surface area contributed by atoms with Crippen LogP contribution in [0.15, 0.2) is 188 Å².